The average molecular weight is 294 g/mol. The first-order valence-corrected chi connectivity index (χ1v) is 5.94. The summed E-state index contributed by atoms with van der Waals surface area (Å²) >= 11 is 3.58. The van der Waals surface area contributed by atoms with Crippen molar-refractivity contribution in [3.05, 3.63) is 58.5 Å². The molecule has 86 valence electrons. The van der Waals surface area contributed by atoms with Gasteiger partial charge >= 0.3 is 5.76 Å². The highest BCUT2D eigenvalue weighted by Gasteiger charge is 2.13. The monoisotopic (exact) mass is 293 g/mol. The Morgan fingerprint density at radius 1 is 1.24 bits per heavy atom. The van der Waals surface area contributed by atoms with E-state index in [1.165, 1.54) is 0 Å². The Labute approximate surface area is 104 Å². The third-order valence-electron chi connectivity index (χ3n) is 2.57. The zero-order chi connectivity index (χ0) is 11.8. The van der Waals surface area contributed by atoms with Crippen molar-refractivity contribution in [3.8, 4) is 0 Å². The van der Waals surface area contributed by atoms with E-state index in [1.54, 1.807) is 12.5 Å². The van der Waals surface area contributed by atoms with Crippen molar-refractivity contribution in [2.45, 2.75) is 4.83 Å². The summed E-state index contributed by atoms with van der Waals surface area (Å²) in [5.74, 6) is -0.438. The number of oxazole rings is 1. The van der Waals surface area contributed by atoms with E-state index < -0.39 is 5.76 Å². The van der Waals surface area contributed by atoms with E-state index in [9.17, 15) is 4.79 Å². The van der Waals surface area contributed by atoms with Crippen LogP contribution >= 0.6 is 15.9 Å². The fraction of sp³-hybridized carbons (Fsp3) is 0.0833. The Morgan fingerprint density at radius 3 is 2.88 bits per heavy atom. The van der Waals surface area contributed by atoms with Crippen LogP contribution in [0.5, 0.6) is 0 Å². The predicted octanol–water partition coefficient (Wildman–Crippen LogP) is 3.20. The average Bonchev–Trinajstić information content (AvgIpc) is 2.94. The second kappa shape index (κ2) is 3.92. The van der Waals surface area contributed by atoms with Gasteiger partial charge in [-0.15, -0.1) is 0 Å². The van der Waals surface area contributed by atoms with Crippen LogP contribution in [0.1, 0.15) is 16.0 Å². The van der Waals surface area contributed by atoms with E-state index in [1.807, 2.05) is 24.3 Å². The van der Waals surface area contributed by atoms with Crippen molar-refractivity contribution in [1.82, 2.24) is 4.98 Å². The fourth-order valence-electron chi connectivity index (χ4n) is 1.73. The fourth-order valence-corrected chi connectivity index (χ4v) is 2.28. The minimum absolute atomic E-state index is 0.0193. The van der Waals surface area contributed by atoms with Crippen LogP contribution in [0, 0.1) is 0 Å². The molecule has 3 rings (SSSR count). The lowest BCUT2D eigenvalue weighted by molar-refractivity contribution is 0.555. The molecule has 0 spiro atoms. The standard InChI is InChI=1S/C12H8BrNO3/c13-11(8-3-4-16-6-8)7-1-2-9-10(5-7)17-12(15)14-9/h1-6,11H,(H,14,15). The van der Waals surface area contributed by atoms with Gasteiger partial charge < -0.3 is 8.83 Å². The second-order valence-corrected chi connectivity index (χ2v) is 4.61. The maximum atomic E-state index is 11.0. The summed E-state index contributed by atoms with van der Waals surface area (Å²) in [5, 5.41) is 0. The van der Waals surface area contributed by atoms with Crippen LogP contribution in [-0.4, -0.2) is 4.98 Å². The Morgan fingerprint density at radius 2 is 2.12 bits per heavy atom. The van der Waals surface area contributed by atoms with Gasteiger partial charge in [0.15, 0.2) is 5.58 Å². The van der Waals surface area contributed by atoms with Crippen LogP contribution in [0.2, 0.25) is 0 Å². The molecule has 0 aliphatic heterocycles. The number of rotatable bonds is 2. The molecular weight excluding hydrogens is 286 g/mol. The maximum absolute atomic E-state index is 11.0. The van der Waals surface area contributed by atoms with Crippen LogP contribution in [-0.2, 0) is 0 Å². The van der Waals surface area contributed by atoms with E-state index in [4.69, 9.17) is 8.83 Å². The van der Waals surface area contributed by atoms with Crippen molar-refractivity contribution in [3.63, 3.8) is 0 Å². The zero-order valence-electron chi connectivity index (χ0n) is 8.64. The summed E-state index contributed by atoms with van der Waals surface area (Å²) in [6.07, 6.45) is 3.30. The Balaban J connectivity index is 2.08. The third kappa shape index (κ3) is 1.82. The van der Waals surface area contributed by atoms with Crippen molar-refractivity contribution < 1.29 is 8.83 Å². The zero-order valence-corrected chi connectivity index (χ0v) is 10.2. The van der Waals surface area contributed by atoms with Gasteiger partial charge in [-0.05, 0) is 23.8 Å². The van der Waals surface area contributed by atoms with Crippen LogP contribution in [0.15, 0.2) is 50.4 Å². The molecule has 0 aliphatic rings. The maximum Gasteiger partial charge on any atom is 0.417 e. The van der Waals surface area contributed by atoms with Crippen LogP contribution in [0.4, 0.5) is 0 Å². The van der Waals surface area contributed by atoms with Gasteiger partial charge in [0, 0.05) is 5.56 Å². The second-order valence-electron chi connectivity index (χ2n) is 3.69. The van der Waals surface area contributed by atoms with Gasteiger partial charge in [-0.3, -0.25) is 4.98 Å². The third-order valence-corrected chi connectivity index (χ3v) is 3.63. The number of hydrogen-bond acceptors (Lipinski definition) is 3. The molecule has 0 fully saturated rings. The highest BCUT2D eigenvalue weighted by Crippen LogP contribution is 2.32. The molecule has 0 saturated carbocycles. The van der Waals surface area contributed by atoms with Crippen molar-refractivity contribution >= 4 is 27.0 Å². The molecule has 1 N–H and O–H groups in total. The number of H-pyrrole nitrogens is 1. The van der Waals surface area contributed by atoms with E-state index in [0.29, 0.717) is 11.1 Å². The number of alkyl halides is 1. The number of hydrogen-bond donors (Lipinski definition) is 1. The van der Waals surface area contributed by atoms with Crippen molar-refractivity contribution in [2.75, 3.05) is 0 Å². The van der Waals surface area contributed by atoms with Gasteiger partial charge in [-0.2, -0.15) is 0 Å². The molecule has 0 amide bonds. The van der Waals surface area contributed by atoms with Gasteiger partial charge in [0.2, 0.25) is 0 Å². The predicted molar refractivity (Wildman–Crippen MR) is 66.3 cm³/mol. The first-order valence-electron chi connectivity index (χ1n) is 5.03. The lowest BCUT2D eigenvalue weighted by Gasteiger charge is -2.06. The minimum Gasteiger partial charge on any atom is -0.472 e. The summed E-state index contributed by atoms with van der Waals surface area (Å²) in [6, 6.07) is 7.47. The largest absolute Gasteiger partial charge is 0.472 e. The molecular formula is C12H8BrNO3. The number of nitrogens with one attached hydrogen (secondary N) is 1. The molecule has 3 aromatic rings. The smallest absolute Gasteiger partial charge is 0.417 e. The molecule has 1 unspecified atom stereocenters. The lowest BCUT2D eigenvalue weighted by Crippen LogP contribution is -1.92. The molecule has 0 aliphatic carbocycles. The van der Waals surface area contributed by atoms with E-state index in [0.717, 1.165) is 11.1 Å². The molecule has 1 atom stereocenters. The van der Waals surface area contributed by atoms with Gasteiger partial charge in [-0.1, -0.05) is 22.0 Å². The SMILES string of the molecule is O=c1[nH]c2ccc(C(Br)c3ccoc3)cc2o1. The summed E-state index contributed by atoms with van der Waals surface area (Å²) in [5.41, 5.74) is 3.27. The minimum atomic E-state index is -0.438. The number of aromatic nitrogens is 1. The van der Waals surface area contributed by atoms with Gasteiger partial charge in [0.25, 0.3) is 0 Å². The summed E-state index contributed by atoms with van der Waals surface area (Å²) in [4.78, 5) is 13.7. The first kappa shape index (κ1) is 10.4. The number of furan rings is 1. The van der Waals surface area contributed by atoms with Gasteiger partial charge in [-0.25, -0.2) is 4.79 Å². The molecule has 4 nitrogen and oxygen atoms in total. The van der Waals surface area contributed by atoms with E-state index >= 15 is 0 Å². The molecule has 0 radical (unpaired) electrons. The molecule has 17 heavy (non-hydrogen) atoms. The highest BCUT2D eigenvalue weighted by molar-refractivity contribution is 9.09. The van der Waals surface area contributed by atoms with Crippen molar-refractivity contribution in [1.29, 1.82) is 0 Å². The molecule has 2 aromatic heterocycles. The summed E-state index contributed by atoms with van der Waals surface area (Å²) in [6.45, 7) is 0. The number of benzene rings is 1. The van der Waals surface area contributed by atoms with Crippen LogP contribution < -0.4 is 5.76 Å². The molecule has 5 heteroatoms. The van der Waals surface area contributed by atoms with Gasteiger partial charge in [0.1, 0.15) is 0 Å². The number of halogens is 1. The quantitative estimate of drug-likeness (QED) is 0.738. The summed E-state index contributed by atoms with van der Waals surface area (Å²) < 4.78 is 10.1. The molecule has 0 bridgehead atoms. The number of fused-ring (bicyclic) bond motifs is 1. The first-order chi connectivity index (χ1) is 8.24. The lowest BCUT2D eigenvalue weighted by atomic mass is 10.1. The molecule has 0 saturated heterocycles. The Kier molecular flexibility index (Phi) is 2.40. The Bertz CT molecular complexity index is 696. The molecule has 1 aromatic carbocycles. The Hall–Kier alpha value is -1.75. The van der Waals surface area contributed by atoms with Crippen LogP contribution in [0.3, 0.4) is 0 Å². The van der Waals surface area contributed by atoms with E-state index in [2.05, 4.69) is 20.9 Å². The van der Waals surface area contributed by atoms with Gasteiger partial charge in [0.05, 0.1) is 22.9 Å². The topological polar surface area (TPSA) is 59.1 Å². The highest BCUT2D eigenvalue weighted by atomic mass is 79.9. The van der Waals surface area contributed by atoms with Crippen LogP contribution in [0.25, 0.3) is 11.1 Å². The normalized spacial score (nSPS) is 13.0. The number of aromatic amines is 1. The molecule has 2 heterocycles. The van der Waals surface area contributed by atoms with Crippen molar-refractivity contribution in [2.24, 2.45) is 0 Å². The van der Waals surface area contributed by atoms with E-state index in [-0.39, 0.29) is 4.83 Å². The summed E-state index contributed by atoms with van der Waals surface area (Å²) in [7, 11) is 0.